The summed E-state index contributed by atoms with van der Waals surface area (Å²) in [6.07, 6.45) is 0. The van der Waals surface area contributed by atoms with Crippen molar-refractivity contribution in [3.63, 3.8) is 0 Å². The number of rotatable bonds is 7. The van der Waals surface area contributed by atoms with Crippen molar-refractivity contribution in [1.29, 1.82) is 0 Å². The molecule has 0 bridgehead atoms. The molecule has 0 aliphatic rings. The quantitative estimate of drug-likeness (QED) is 0.696. The van der Waals surface area contributed by atoms with Crippen molar-refractivity contribution in [3.8, 4) is 0 Å². The number of amides is 1. The standard InChI is InChI=1S/C14H22N2O4S/c1-10-4-6-13(7-5-10)16-21(19,20)9-11(2)14(18)15-12(3)8-17/h4-7,11-12,16-17H,8-9H2,1-3H3,(H,15,18). The van der Waals surface area contributed by atoms with Gasteiger partial charge in [-0.1, -0.05) is 24.6 Å². The smallest absolute Gasteiger partial charge is 0.233 e. The minimum atomic E-state index is -3.61. The summed E-state index contributed by atoms with van der Waals surface area (Å²) in [6.45, 7) is 4.90. The van der Waals surface area contributed by atoms with Gasteiger partial charge in [-0.25, -0.2) is 8.42 Å². The first-order chi connectivity index (χ1) is 9.73. The minimum Gasteiger partial charge on any atom is -0.394 e. The number of aryl methyl sites for hydroxylation is 1. The molecule has 0 aliphatic heterocycles. The zero-order valence-corrected chi connectivity index (χ0v) is 13.3. The highest BCUT2D eigenvalue weighted by Crippen LogP contribution is 2.12. The summed E-state index contributed by atoms with van der Waals surface area (Å²) in [5.74, 6) is -1.42. The summed E-state index contributed by atoms with van der Waals surface area (Å²) in [7, 11) is -3.61. The van der Waals surface area contributed by atoms with E-state index < -0.39 is 27.9 Å². The van der Waals surface area contributed by atoms with Gasteiger partial charge < -0.3 is 10.4 Å². The van der Waals surface area contributed by atoms with Gasteiger partial charge in [0.2, 0.25) is 15.9 Å². The van der Waals surface area contributed by atoms with E-state index in [1.807, 2.05) is 6.92 Å². The first-order valence-corrected chi connectivity index (χ1v) is 8.37. The Kier molecular flexibility index (Phi) is 6.17. The molecule has 0 aliphatic carbocycles. The van der Waals surface area contributed by atoms with Crippen LogP contribution in [0.3, 0.4) is 0 Å². The zero-order valence-electron chi connectivity index (χ0n) is 12.5. The molecule has 2 unspecified atom stereocenters. The van der Waals surface area contributed by atoms with E-state index >= 15 is 0 Å². The van der Waals surface area contributed by atoms with E-state index in [4.69, 9.17) is 5.11 Å². The fourth-order valence-electron chi connectivity index (χ4n) is 1.68. The number of carbonyl (C=O) groups excluding carboxylic acids is 1. The Morgan fingerprint density at radius 1 is 1.24 bits per heavy atom. The molecule has 0 saturated heterocycles. The molecule has 1 amide bonds. The third-order valence-electron chi connectivity index (χ3n) is 2.90. The van der Waals surface area contributed by atoms with Crippen LogP contribution < -0.4 is 10.0 Å². The number of hydrogen-bond donors (Lipinski definition) is 3. The zero-order chi connectivity index (χ0) is 16.0. The molecule has 2 atom stereocenters. The number of hydrogen-bond acceptors (Lipinski definition) is 4. The second kappa shape index (κ2) is 7.42. The van der Waals surface area contributed by atoms with E-state index in [0.717, 1.165) is 5.56 Å². The molecule has 0 aromatic heterocycles. The SMILES string of the molecule is Cc1ccc(NS(=O)(=O)CC(C)C(=O)NC(C)CO)cc1. The third-order valence-corrected chi connectivity index (χ3v) is 4.39. The van der Waals surface area contributed by atoms with Gasteiger partial charge in [-0.3, -0.25) is 9.52 Å². The Morgan fingerprint density at radius 2 is 1.81 bits per heavy atom. The van der Waals surface area contributed by atoms with Crippen molar-refractivity contribution in [2.75, 3.05) is 17.1 Å². The summed E-state index contributed by atoms with van der Waals surface area (Å²) < 4.78 is 26.5. The summed E-state index contributed by atoms with van der Waals surface area (Å²) >= 11 is 0. The second-order valence-corrected chi connectivity index (χ2v) is 7.01. The number of aliphatic hydroxyl groups excluding tert-OH is 1. The lowest BCUT2D eigenvalue weighted by Crippen LogP contribution is -2.40. The normalized spacial score (nSPS) is 14.3. The fourth-order valence-corrected chi connectivity index (χ4v) is 3.07. The first kappa shape index (κ1) is 17.5. The number of anilines is 1. The van der Waals surface area contributed by atoms with Gasteiger partial charge in [-0.05, 0) is 26.0 Å². The van der Waals surface area contributed by atoms with Crippen LogP contribution in [-0.4, -0.2) is 37.8 Å². The van der Waals surface area contributed by atoms with E-state index in [-0.39, 0.29) is 12.4 Å². The van der Waals surface area contributed by atoms with Crippen molar-refractivity contribution in [2.24, 2.45) is 5.92 Å². The Balaban J connectivity index is 2.63. The maximum Gasteiger partial charge on any atom is 0.233 e. The molecule has 118 valence electrons. The van der Waals surface area contributed by atoms with Gasteiger partial charge in [0, 0.05) is 11.7 Å². The van der Waals surface area contributed by atoms with Crippen LogP contribution in [0, 0.1) is 12.8 Å². The monoisotopic (exact) mass is 314 g/mol. The van der Waals surface area contributed by atoms with Crippen LogP contribution in [0.4, 0.5) is 5.69 Å². The highest BCUT2D eigenvalue weighted by Gasteiger charge is 2.22. The van der Waals surface area contributed by atoms with E-state index in [1.165, 1.54) is 6.92 Å². The van der Waals surface area contributed by atoms with Crippen molar-refractivity contribution < 1.29 is 18.3 Å². The van der Waals surface area contributed by atoms with Gasteiger partial charge in [0.25, 0.3) is 0 Å². The van der Waals surface area contributed by atoms with E-state index in [0.29, 0.717) is 5.69 Å². The summed E-state index contributed by atoms with van der Waals surface area (Å²) in [6, 6.07) is 6.55. The van der Waals surface area contributed by atoms with Crippen molar-refractivity contribution in [1.82, 2.24) is 5.32 Å². The average Bonchev–Trinajstić information content (AvgIpc) is 2.40. The van der Waals surface area contributed by atoms with Gasteiger partial charge in [0.05, 0.1) is 18.3 Å². The predicted molar refractivity (Wildman–Crippen MR) is 82.4 cm³/mol. The molecule has 3 N–H and O–H groups in total. The lowest BCUT2D eigenvalue weighted by Gasteiger charge is -2.16. The Hall–Kier alpha value is -1.60. The van der Waals surface area contributed by atoms with Gasteiger partial charge in [-0.15, -0.1) is 0 Å². The lowest BCUT2D eigenvalue weighted by molar-refractivity contribution is -0.124. The van der Waals surface area contributed by atoms with Gasteiger partial charge in [0.15, 0.2) is 0 Å². The summed E-state index contributed by atoms with van der Waals surface area (Å²) in [5.41, 5.74) is 1.50. The minimum absolute atomic E-state index is 0.188. The highest BCUT2D eigenvalue weighted by atomic mass is 32.2. The third kappa shape index (κ3) is 6.14. The Bertz CT molecular complexity index is 569. The summed E-state index contributed by atoms with van der Waals surface area (Å²) in [5, 5.41) is 11.4. The van der Waals surface area contributed by atoms with E-state index in [9.17, 15) is 13.2 Å². The largest absolute Gasteiger partial charge is 0.394 e. The Morgan fingerprint density at radius 3 is 2.33 bits per heavy atom. The molecule has 0 saturated carbocycles. The molecule has 1 aromatic carbocycles. The highest BCUT2D eigenvalue weighted by molar-refractivity contribution is 7.92. The Labute approximate surface area is 125 Å². The molecule has 0 spiro atoms. The van der Waals surface area contributed by atoms with Crippen LogP contribution in [0.25, 0.3) is 0 Å². The summed E-state index contributed by atoms with van der Waals surface area (Å²) in [4.78, 5) is 11.8. The molecule has 1 aromatic rings. The van der Waals surface area contributed by atoms with Crippen molar-refractivity contribution in [3.05, 3.63) is 29.8 Å². The number of nitrogens with one attached hydrogen (secondary N) is 2. The molecule has 1 rings (SSSR count). The molecule has 7 heteroatoms. The van der Waals surface area contributed by atoms with Crippen LogP contribution in [0.5, 0.6) is 0 Å². The second-order valence-electron chi connectivity index (χ2n) is 5.24. The van der Waals surface area contributed by atoms with Gasteiger partial charge >= 0.3 is 0 Å². The molecule has 0 heterocycles. The molecule has 21 heavy (non-hydrogen) atoms. The predicted octanol–water partition coefficient (Wildman–Crippen LogP) is 0.870. The number of aliphatic hydroxyl groups is 1. The number of carbonyl (C=O) groups is 1. The van der Waals surface area contributed by atoms with Crippen molar-refractivity contribution >= 4 is 21.6 Å². The van der Waals surface area contributed by atoms with Crippen LogP contribution in [0.15, 0.2) is 24.3 Å². The van der Waals surface area contributed by atoms with Crippen molar-refractivity contribution in [2.45, 2.75) is 26.8 Å². The van der Waals surface area contributed by atoms with Gasteiger partial charge in [0.1, 0.15) is 0 Å². The molecule has 0 fully saturated rings. The molecule has 6 nitrogen and oxygen atoms in total. The van der Waals surface area contributed by atoms with Gasteiger partial charge in [-0.2, -0.15) is 0 Å². The number of benzene rings is 1. The maximum absolute atomic E-state index is 12.0. The fraction of sp³-hybridized carbons (Fsp3) is 0.500. The molecular weight excluding hydrogens is 292 g/mol. The van der Waals surface area contributed by atoms with Crippen LogP contribution in [-0.2, 0) is 14.8 Å². The van der Waals surface area contributed by atoms with E-state index in [2.05, 4.69) is 10.0 Å². The molecular formula is C14H22N2O4S. The molecule has 0 radical (unpaired) electrons. The van der Waals surface area contributed by atoms with Crippen LogP contribution >= 0.6 is 0 Å². The number of sulfonamides is 1. The average molecular weight is 314 g/mol. The van der Waals surface area contributed by atoms with Crippen LogP contribution in [0.1, 0.15) is 19.4 Å². The first-order valence-electron chi connectivity index (χ1n) is 6.72. The maximum atomic E-state index is 12.0. The topological polar surface area (TPSA) is 95.5 Å². The van der Waals surface area contributed by atoms with E-state index in [1.54, 1.807) is 31.2 Å². The van der Waals surface area contributed by atoms with Crippen LogP contribution in [0.2, 0.25) is 0 Å². The lowest BCUT2D eigenvalue weighted by atomic mass is 10.2.